The van der Waals surface area contributed by atoms with Gasteiger partial charge in [-0.2, -0.15) is 0 Å². The molecular formula is C15H29BrO2. The molecule has 0 aromatic heterocycles. The SMILES string of the molecule is COC(=O)CCCCCCCCCCCCCBr. The molecule has 0 atom stereocenters. The average molecular weight is 321 g/mol. The largest absolute Gasteiger partial charge is 0.469 e. The van der Waals surface area contributed by atoms with E-state index >= 15 is 0 Å². The molecule has 0 aliphatic rings. The molecule has 0 spiro atoms. The molecule has 2 nitrogen and oxygen atoms in total. The van der Waals surface area contributed by atoms with Crippen LogP contribution in [0.1, 0.15) is 77.0 Å². The third-order valence-corrected chi connectivity index (χ3v) is 3.80. The number of halogens is 1. The molecule has 0 fully saturated rings. The number of alkyl halides is 1. The van der Waals surface area contributed by atoms with Gasteiger partial charge in [-0.15, -0.1) is 0 Å². The lowest BCUT2D eigenvalue weighted by Gasteiger charge is -2.02. The Morgan fingerprint density at radius 1 is 0.778 bits per heavy atom. The van der Waals surface area contributed by atoms with E-state index in [0.717, 1.165) is 11.8 Å². The molecule has 0 saturated heterocycles. The molecule has 0 bridgehead atoms. The summed E-state index contributed by atoms with van der Waals surface area (Å²) in [6, 6.07) is 0. The number of carbonyl (C=O) groups is 1. The summed E-state index contributed by atoms with van der Waals surface area (Å²) in [6.45, 7) is 0. The summed E-state index contributed by atoms with van der Waals surface area (Å²) in [5.74, 6) is -0.0709. The van der Waals surface area contributed by atoms with Crippen LogP contribution in [-0.2, 0) is 9.53 Å². The topological polar surface area (TPSA) is 26.3 Å². The summed E-state index contributed by atoms with van der Waals surface area (Å²) >= 11 is 3.46. The lowest BCUT2D eigenvalue weighted by molar-refractivity contribution is -0.140. The van der Waals surface area contributed by atoms with Gasteiger partial charge < -0.3 is 4.74 Å². The molecule has 0 aromatic carbocycles. The summed E-state index contributed by atoms with van der Waals surface area (Å²) in [4.78, 5) is 10.9. The van der Waals surface area contributed by atoms with Gasteiger partial charge in [0.1, 0.15) is 0 Å². The molecule has 0 aromatic rings. The van der Waals surface area contributed by atoms with Gasteiger partial charge in [-0.25, -0.2) is 0 Å². The monoisotopic (exact) mass is 320 g/mol. The van der Waals surface area contributed by atoms with Gasteiger partial charge in [-0.05, 0) is 12.8 Å². The Labute approximate surface area is 121 Å². The zero-order valence-electron chi connectivity index (χ0n) is 11.9. The van der Waals surface area contributed by atoms with Gasteiger partial charge in [-0.1, -0.05) is 73.7 Å². The molecule has 0 rings (SSSR count). The fourth-order valence-corrected chi connectivity index (χ4v) is 2.45. The van der Waals surface area contributed by atoms with E-state index in [1.165, 1.54) is 71.3 Å². The van der Waals surface area contributed by atoms with Crippen molar-refractivity contribution in [3.05, 3.63) is 0 Å². The number of esters is 1. The van der Waals surface area contributed by atoms with Gasteiger partial charge in [0.2, 0.25) is 0 Å². The fraction of sp³-hybridized carbons (Fsp3) is 0.933. The van der Waals surface area contributed by atoms with Crippen molar-refractivity contribution in [2.24, 2.45) is 0 Å². The van der Waals surface area contributed by atoms with Crippen LogP contribution in [0.2, 0.25) is 0 Å². The van der Waals surface area contributed by atoms with Crippen molar-refractivity contribution in [2.75, 3.05) is 12.4 Å². The van der Waals surface area contributed by atoms with Gasteiger partial charge in [0.15, 0.2) is 0 Å². The number of carbonyl (C=O) groups excluding carboxylic acids is 1. The van der Waals surface area contributed by atoms with Crippen molar-refractivity contribution >= 4 is 21.9 Å². The number of ether oxygens (including phenoxy) is 1. The Bertz CT molecular complexity index is 183. The van der Waals surface area contributed by atoms with E-state index in [1.807, 2.05) is 0 Å². The van der Waals surface area contributed by atoms with Gasteiger partial charge >= 0.3 is 5.97 Å². The molecular weight excluding hydrogens is 292 g/mol. The van der Waals surface area contributed by atoms with Crippen LogP contribution in [0.25, 0.3) is 0 Å². The molecule has 0 N–H and O–H groups in total. The molecule has 0 radical (unpaired) electrons. The maximum atomic E-state index is 10.9. The van der Waals surface area contributed by atoms with Crippen molar-refractivity contribution in [1.82, 2.24) is 0 Å². The highest BCUT2D eigenvalue weighted by molar-refractivity contribution is 9.09. The highest BCUT2D eigenvalue weighted by atomic mass is 79.9. The van der Waals surface area contributed by atoms with E-state index in [2.05, 4.69) is 20.7 Å². The number of methoxy groups -OCH3 is 1. The summed E-state index contributed by atoms with van der Waals surface area (Å²) in [5, 5.41) is 1.15. The van der Waals surface area contributed by atoms with Crippen LogP contribution >= 0.6 is 15.9 Å². The quantitative estimate of drug-likeness (QED) is 0.263. The molecule has 0 saturated carbocycles. The first kappa shape index (κ1) is 17.9. The van der Waals surface area contributed by atoms with Crippen LogP contribution in [-0.4, -0.2) is 18.4 Å². The third-order valence-electron chi connectivity index (χ3n) is 3.24. The van der Waals surface area contributed by atoms with Crippen molar-refractivity contribution < 1.29 is 9.53 Å². The number of hydrogen-bond donors (Lipinski definition) is 0. The fourth-order valence-electron chi connectivity index (χ4n) is 2.06. The highest BCUT2D eigenvalue weighted by Crippen LogP contribution is 2.12. The van der Waals surface area contributed by atoms with E-state index in [9.17, 15) is 4.79 Å². The van der Waals surface area contributed by atoms with Crippen molar-refractivity contribution in [3.63, 3.8) is 0 Å². The molecule has 0 aliphatic carbocycles. The minimum atomic E-state index is -0.0709. The highest BCUT2D eigenvalue weighted by Gasteiger charge is 1.99. The molecule has 3 heteroatoms. The Kier molecular flexibility index (Phi) is 15.0. The Balaban J connectivity index is 2.97. The molecule has 18 heavy (non-hydrogen) atoms. The van der Waals surface area contributed by atoms with Gasteiger partial charge in [0.05, 0.1) is 7.11 Å². The van der Waals surface area contributed by atoms with Crippen LogP contribution in [0.4, 0.5) is 0 Å². The molecule has 108 valence electrons. The van der Waals surface area contributed by atoms with Crippen LogP contribution < -0.4 is 0 Å². The predicted octanol–water partition coefficient (Wildman–Crippen LogP) is 5.24. The van der Waals surface area contributed by atoms with Gasteiger partial charge in [0, 0.05) is 11.8 Å². The summed E-state index contributed by atoms with van der Waals surface area (Å²) < 4.78 is 4.61. The van der Waals surface area contributed by atoms with Gasteiger partial charge in [0.25, 0.3) is 0 Å². The van der Waals surface area contributed by atoms with E-state index < -0.39 is 0 Å². The zero-order chi connectivity index (χ0) is 13.5. The summed E-state index contributed by atoms with van der Waals surface area (Å²) in [5.41, 5.74) is 0. The molecule has 0 unspecified atom stereocenters. The standard InChI is InChI=1S/C15H29BrO2/c1-18-15(17)13-11-9-7-5-3-2-4-6-8-10-12-14-16/h2-14H2,1H3. The first-order chi connectivity index (χ1) is 8.81. The predicted molar refractivity (Wildman–Crippen MR) is 81.2 cm³/mol. The van der Waals surface area contributed by atoms with E-state index in [1.54, 1.807) is 0 Å². The first-order valence-corrected chi connectivity index (χ1v) is 8.56. The molecule has 0 amide bonds. The van der Waals surface area contributed by atoms with Crippen LogP contribution in [0.3, 0.4) is 0 Å². The minimum Gasteiger partial charge on any atom is -0.469 e. The molecule has 0 heterocycles. The Hall–Kier alpha value is -0.0500. The lowest BCUT2D eigenvalue weighted by atomic mass is 10.1. The number of hydrogen-bond acceptors (Lipinski definition) is 2. The van der Waals surface area contributed by atoms with Crippen LogP contribution in [0, 0.1) is 0 Å². The van der Waals surface area contributed by atoms with E-state index in [0.29, 0.717) is 6.42 Å². The summed E-state index contributed by atoms with van der Waals surface area (Å²) in [6.07, 6.45) is 14.9. The smallest absolute Gasteiger partial charge is 0.305 e. The summed E-state index contributed by atoms with van der Waals surface area (Å²) in [7, 11) is 1.46. The van der Waals surface area contributed by atoms with E-state index in [4.69, 9.17) is 0 Å². The van der Waals surface area contributed by atoms with Crippen LogP contribution in [0.15, 0.2) is 0 Å². The number of unbranched alkanes of at least 4 members (excludes halogenated alkanes) is 10. The van der Waals surface area contributed by atoms with Gasteiger partial charge in [-0.3, -0.25) is 4.79 Å². The van der Waals surface area contributed by atoms with E-state index in [-0.39, 0.29) is 5.97 Å². The second-order valence-electron chi connectivity index (χ2n) is 4.90. The number of rotatable bonds is 13. The normalized spacial score (nSPS) is 10.6. The third kappa shape index (κ3) is 14.0. The minimum absolute atomic E-state index is 0.0709. The Morgan fingerprint density at radius 3 is 1.56 bits per heavy atom. The maximum Gasteiger partial charge on any atom is 0.305 e. The zero-order valence-corrected chi connectivity index (χ0v) is 13.5. The Morgan fingerprint density at radius 2 is 1.17 bits per heavy atom. The second kappa shape index (κ2) is 15.0. The van der Waals surface area contributed by atoms with Crippen LogP contribution in [0.5, 0.6) is 0 Å². The van der Waals surface area contributed by atoms with Crippen molar-refractivity contribution in [3.8, 4) is 0 Å². The average Bonchev–Trinajstić information content (AvgIpc) is 2.39. The lowest BCUT2D eigenvalue weighted by Crippen LogP contribution is -1.99. The maximum absolute atomic E-state index is 10.9. The first-order valence-electron chi connectivity index (χ1n) is 7.44. The van der Waals surface area contributed by atoms with Crippen molar-refractivity contribution in [1.29, 1.82) is 0 Å². The van der Waals surface area contributed by atoms with Crippen molar-refractivity contribution in [2.45, 2.75) is 77.0 Å². The second-order valence-corrected chi connectivity index (χ2v) is 5.70. The molecule has 0 aliphatic heterocycles.